The number of alkyl halides is 3. The minimum Gasteiger partial charge on any atom is -0.318 e. The molecule has 8 heteroatoms. The van der Waals surface area contributed by atoms with Crippen molar-refractivity contribution in [1.82, 2.24) is 5.43 Å². The van der Waals surface area contributed by atoms with E-state index in [1.54, 1.807) is 24.3 Å². The molecule has 5 nitrogen and oxygen atoms in total. The topological polar surface area (TPSA) is 70.6 Å². The summed E-state index contributed by atoms with van der Waals surface area (Å²) in [5, 5.41) is 5.76. The largest absolute Gasteiger partial charge is 0.417 e. The zero-order chi connectivity index (χ0) is 18.4. The summed E-state index contributed by atoms with van der Waals surface area (Å²) in [7, 11) is 0. The zero-order valence-electron chi connectivity index (χ0n) is 13.1. The van der Waals surface area contributed by atoms with Crippen LogP contribution in [-0.4, -0.2) is 18.0 Å². The molecule has 0 heterocycles. The summed E-state index contributed by atoms with van der Waals surface area (Å²) in [6, 6.07) is 11.5. The standard InChI is InChI=1S/C17H14F3N3O2/c1-11-6-8-13(9-7-11)22-15(24)16(25)23-21-10-12-4-2-3-5-14(12)17(18,19)20/h2-10H,1H3,(H,22,24)(H,23,25). The summed E-state index contributed by atoms with van der Waals surface area (Å²) in [6.07, 6.45) is -3.71. The quantitative estimate of drug-likeness (QED) is 0.508. The molecule has 25 heavy (non-hydrogen) atoms. The molecule has 130 valence electrons. The third-order valence-corrected chi connectivity index (χ3v) is 3.15. The molecule has 2 amide bonds. The molecular weight excluding hydrogens is 335 g/mol. The van der Waals surface area contributed by atoms with E-state index in [0.29, 0.717) is 5.69 Å². The Hall–Kier alpha value is -3.16. The lowest BCUT2D eigenvalue weighted by Crippen LogP contribution is -2.32. The minimum absolute atomic E-state index is 0.228. The van der Waals surface area contributed by atoms with Crippen LogP contribution >= 0.6 is 0 Å². The van der Waals surface area contributed by atoms with E-state index < -0.39 is 23.6 Å². The number of carbonyl (C=O) groups is 2. The summed E-state index contributed by atoms with van der Waals surface area (Å²) >= 11 is 0. The molecule has 2 aromatic rings. The maximum Gasteiger partial charge on any atom is 0.417 e. The number of hydrazone groups is 1. The molecule has 0 saturated heterocycles. The fraction of sp³-hybridized carbons (Fsp3) is 0.118. The second-order valence-electron chi connectivity index (χ2n) is 5.10. The van der Waals surface area contributed by atoms with Crippen molar-refractivity contribution < 1.29 is 22.8 Å². The first-order chi connectivity index (χ1) is 11.8. The summed E-state index contributed by atoms with van der Waals surface area (Å²) in [5.74, 6) is -2.08. The molecule has 2 rings (SSSR count). The van der Waals surface area contributed by atoms with E-state index in [4.69, 9.17) is 0 Å². The van der Waals surface area contributed by atoms with E-state index in [0.717, 1.165) is 17.8 Å². The van der Waals surface area contributed by atoms with Gasteiger partial charge in [0.2, 0.25) is 0 Å². The molecule has 2 N–H and O–H groups in total. The first-order valence-electron chi connectivity index (χ1n) is 7.14. The Morgan fingerprint density at radius 3 is 2.28 bits per heavy atom. The van der Waals surface area contributed by atoms with Gasteiger partial charge in [-0.3, -0.25) is 9.59 Å². The van der Waals surface area contributed by atoms with Crippen LogP contribution < -0.4 is 10.7 Å². The number of benzene rings is 2. The number of nitrogens with one attached hydrogen (secondary N) is 2. The summed E-state index contributed by atoms with van der Waals surface area (Å²) in [5.41, 5.74) is 2.17. The SMILES string of the molecule is Cc1ccc(NC(=O)C(=O)NN=Cc2ccccc2C(F)(F)F)cc1. The smallest absolute Gasteiger partial charge is 0.318 e. The normalized spacial score (nSPS) is 11.4. The lowest BCUT2D eigenvalue weighted by Gasteiger charge is -2.09. The van der Waals surface area contributed by atoms with E-state index in [1.807, 2.05) is 12.3 Å². The van der Waals surface area contributed by atoms with Crippen LogP contribution in [0.25, 0.3) is 0 Å². The minimum atomic E-state index is -4.55. The number of anilines is 1. The average molecular weight is 349 g/mol. The number of hydrogen-bond acceptors (Lipinski definition) is 3. The Balaban J connectivity index is 1.99. The molecule has 0 spiro atoms. The number of rotatable bonds is 3. The van der Waals surface area contributed by atoms with Gasteiger partial charge < -0.3 is 5.32 Å². The van der Waals surface area contributed by atoms with Gasteiger partial charge in [-0.05, 0) is 25.1 Å². The van der Waals surface area contributed by atoms with E-state index in [1.165, 1.54) is 18.2 Å². The molecule has 0 atom stereocenters. The number of halogens is 3. The van der Waals surface area contributed by atoms with Gasteiger partial charge in [0.05, 0.1) is 11.8 Å². The van der Waals surface area contributed by atoms with Crippen LogP contribution in [0, 0.1) is 6.92 Å². The maximum absolute atomic E-state index is 12.8. The lowest BCUT2D eigenvalue weighted by molar-refractivity contribution is -0.137. The van der Waals surface area contributed by atoms with Gasteiger partial charge in [0.25, 0.3) is 0 Å². The van der Waals surface area contributed by atoms with Crippen LogP contribution in [0.2, 0.25) is 0 Å². The Morgan fingerprint density at radius 1 is 1.00 bits per heavy atom. The number of amides is 2. The Labute approximate surface area is 141 Å². The highest BCUT2D eigenvalue weighted by atomic mass is 19.4. The van der Waals surface area contributed by atoms with Crippen LogP contribution in [0.3, 0.4) is 0 Å². The van der Waals surface area contributed by atoms with Crippen molar-refractivity contribution in [3.8, 4) is 0 Å². The van der Waals surface area contributed by atoms with Crippen molar-refractivity contribution in [2.24, 2.45) is 5.10 Å². The van der Waals surface area contributed by atoms with Crippen molar-refractivity contribution in [3.05, 3.63) is 65.2 Å². The summed E-state index contributed by atoms with van der Waals surface area (Å²) < 4.78 is 38.5. The highest BCUT2D eigenvalue weighted by molar-refractivity contribution is 6.39. The highest BCUT2D eigenvalue weighted by Gasteiger charge is 2.32. The zero-order valence-corrected chi connectivity index (χ0v) is 13.1. The molecule has 0 radical (unpaired) electrons. The number of aryl methyl sites for hydroxylation is 1. The molecular formula is C17H14F3N3O2. The lowest BCUT2D eigenvalue weighted by atomic mass is 10.1. The van der Waals surface area contributed by atoms with E-state index >= 15 is 0 Å². The van der Waals surface area contributed by atoms with Crippen molar-refractivity contribution in [1.29, 1.82) is 0 Å². The maximum atomic E-state index is 12.8. The van der Waals surface area contributed by atoms with Gasteiger partial charge in [-0.2, -0.15) is 18.3 Å². The molecule has 2 aromatic carbocycles. The second kappa shape index (κ2) is 7.61. The molecule has 0 fully saturated rings. The summed E-state index contributed by atoms with van der Waals surface area (Å²) in [4.78, 5) is 23.3. The first-order valence-corrected chi connectivity index (χ1v) is 7.14. The first kappa shape index (κ1) is 18.2. The molecule has 0 saturated carbocycles. The van der Waals surface area contributed by atoms with Gasteiger partial charge in [-0.25, -0.2) is 5.43 Å². The fourth-order valence-electron chi connectivity index (χ4n) is 1.90. The monoisotopic (exact) mass is 349 g/mol. The van der Waals surface area contributed by atoms with Gasteiger partial charge in [-0.1, -0.05) is 35.9 Å². The molecule has 0 aliphatic heterocycles. The molecule has 0 aliphatic carbocycles. The predicted octanol–water partition coefficient (Wildman–Crippen LogP) is 3.10. The van der Waals surface area contributed by atoms with Crippen molar-refractivity contribution in [3.63, 3.8) is 0 Å². The summed E-state index contributed by atoms with van der Waals surface area (Å²) in [6.45, 7) is 1.87. The fourth-order valence-corrected chi connectivity index (χ4v) is 1.90. The van der Waals surface area contributed by atoms with Crippen molar-refractivity contribution in [2.75, 3.05) is 5.32 Å². The Morgan fingerprint density at radius 2 is 1.64 bits per heavy atom. The van der Waals surface area contributed by atoms with Gasteiger partial charge >= 0.3 is 18.0 Å². The predicted molar refractivity (Wildman–Crippen MR) is 87.0 cm³/mol. The Kier molecular flexibility index (Phi) is 5.53. The highest BCUT2D eigenvalue weighted by Crippen LogP contribution is 2.30. The van der Waals surface area contributed by atoms with Crippen molar-refractivity contribution in [2.45, 2.75) is 13.1 Å². The van der Waals surface area contributed by atoms with Gasteiger partial charge in [0, 0.05) is 11.3 Å². The van der Waals surface area contributed by atoms with Crippen LogP contribution in [0.1, 0.15) is 16.7 Å². The third-order valence-electron chi connectivity index (χ3n) is 3.15. The number of nitrogens with zero attached hydrogens (tertiary/aromatic N) is 1. The average Bonchev–Trinajstić information content (AvgIpc) is 2.56. The van der Waals surface area contributed by atoms with E-state index in [-0.39, 0.29) is 5.56 Å². The van der Waals surface area contributed by atoms with Gasteiger partial charge in [0.1, 0.15) is 0 Å². The second-order valence-corrected chi connectivity index (χ2v) is 5.10. The van der Waals surface area contributed by atoms with Crippen LogP contribution in [0.15, 0.2) is 53.6 Å². The molecule has 0 unspecified atom stereocenters. The number of hydrogen-bond donors (Lipinski definition) is 2. The van der Waals surface area contributed by atoms with Crippen LogP contribution in [-0.2, 0) is 15.8 Å². The molecule has 0 bridgehead atoms. The van der Waals surface area contributed by atoms with E-state index in [2.05, 4.69) is 10.4 Å². The van der Waals surface area contributed by atoms with Gasteiger partial charge in [-0.15, -0.1) is 0 Å². The van der Waals surface area contributed by atoms with Crippen LogP contribution in [0.4, 0.5) is 18.9 Å². The van der Waals surface area contributed by atoms with Crippen LogP contribution in [0.5, 0.6) is 0 Å². The van der Waals surface area contributed by atoms with E-state index in [9.17, 15) is 22.8 Å². The molecule has 0 aromatic heterocycles. The Bertz CT molecular complexity index is 800. The molecule has 0 aliphatic rings. The number of carbonyl (C=O) groups excluding carboxylic acids is 2. The van der Waals surface area contributed by atoms with Gasteiger partial charge in [0.15, 0.2) is 0 Å². The third kappa shape index (κ3) is 5.17. The van der Waals surface area contributed by atoms with Crippen molar-refractivity contribution >= 4 is 23.7 Å².